The van der Waals surface area contributed by atoms with Crippen molar-refractivity contribution in [3.05, 3.63) is 0 Å². The molecule has 4 nitrogen and oxygen atoms in total. The van der Waals surface area contributed by atoms with Gasteiger partial charge in [-0.3, -0.25) is 4.79 Å². The third kappa shape index (κ3) is 3.95. The van der Waals surface area contributed by atoms with Gasteiger partial charge < -0.3 is 15.4 Å². The van der Waals surface area contributed by atoms with Gasteiger partial charge in [0.25, 0.3) is 0 Å². The molecular weight excluding hydrogens is 252 g/mol. The number of hydrogen-bond acceptors (Lipinski definition) is 3. The first-order valence-corrected chi connectivity index (χ1v) is 7.92. The van der Waals surface area contributed by atoms with Gasteiger partial charge in [0.2, 0.25) is 5.91 Å². The van der Waals surface area contributed by atoms with Gasteiger partial charge >= 0.3 is 0 Å². The lowest BCUT2D eigenvalue weighted by Crippen LogP contribution is -2.59. The maximum Gasteiger partial charge on any atom is 0.223 e. The van der Waals surface area contributed by atoms with Crippen LogP contribution in [0, 0.1) is 5.92 Å². The molecule has 2 unspecified atom stereocenters. The lowest BCUT2D eigenvalue weighted by Gasteiger charge is -2.47. The molecular formula is C16H30N2O2. The average molecular weight is 282 g/mol. The molecule has 1 amide bonds. The predicted octanol–water partition coefficient (Wildman–Crippen LogP) is 2.31. The van der Waals surface area contributed by atoms with E-state index in [4.69, 9.17) is 10.5 Å². The zero-order valence-corrected chi connectivity index (χ0v) is 13.4. The molecule has 1 aliphatic heterocycles. The van der Waals surface area contributed by atoms with Crippen LogP contribution in [0.1, 0.15) is 59.8 Å². The lowest BCUT2D eigenvalue weighted by molar-refractivity contribution is -0.188. The Hall–Kier alpha value is -0.610. The number of hydrogen-bond donors (Lipinski definition) is 1. The Kier molecular flexibility index (Phi) is 4.45. The third-order valence-corrected chi connectivity index (χ3v) is 4.45. The molecule has 2 rings (SSSR count). The lowest BCUT2D eigenvalue weighted by atomic mass is 9.82. The molecule has 20 heavy (non-hydrogen) atoms. The summed E-state index contributed by atoms with van der Waals surface area (Å²) in [5.41, 5.74) is 5.62. The number of amides is 1. The largest absolute Gasteiger partial charge is 0.366 e. The third-order valence-electron chi connectivity index (χ3n) is 4.45. The molecule has 2 N–H and O–H groups in total. The minimum absolute atomic E-state index is 0.203. The van der Waals surface area contributed by atoms with Gasteiger partial charge in [-0.05, 0) is 46.5 Å². The van der Waals surface area contributed by atoms with Crippen LogP contribution in [0.4, 0.5) is 0 Å². The highest BCUT2D eigenvalue weighted by Crippen LogP contribution is 2.31. The fraction of sp³-hybridized carbons (Fsp3) is 0.938. The van der Waals surface area contributed by atoms with Gasteiger partial charge in [-0.25, -0.2) is 0 Å². The first kappa shape index (κ1) is 15.8. The Morgan fingerprint density at radius 3 is 2.25 bits per heavy atom. The van der Waals surface area contributed by atoms with E-state index in [9.17, 15) is 4.79 Å². The summed E-state index contributed by atoms with van der Waals surface area (Å²) in [6, 6.07) is 0.203. The quantitative estimate of drug-likeness (QED) is 0.845. The zero-order chi connectivity index (χ0) is 15.0. The van der Waals surface area contributed by atoms with Crippen LogP contribution in [0.15, 0.2) is 0 Å². The molecule has 2 atom stereocenters. The topological polar surface area (TPSA) is 55.6 Å². The highest BCUT2D eigenvalue weighted by atomic mass is 16.5. The number of carbonyl (C=O) groups excluding carboxylic acids is 1. The summed E-state index contributed by atoms with van der Waals surface area (Å²) in [5, 5.41) is 0. The van der Waals surface area contributed by atoms with Crippen molar-refractivity contribution in [2.75, 3.05) is 13.1 Å². The molecule has 0 aromatic carbocycles. The Bertz CT molecular complexity index is 349. The van der Waals surface area contributed by atoms with Crippen LogP contribution in [0.25, 0.3) is 0 Å². The van der Waals surface area contributed by atoms with Gasteiger partial charge in [0.05, 0.1) is 11.2 Å². The molecule has 2 fully saturated rings. The zero-order valence-electron chi connectivity index (χ0n) is 13.4. The molecule has 4 heteroatoms. The van der Waals surface area contributed by atoms with E-state index >= 15 is 0 Å². The van der Waals surface area contributed by atoms with E-state index < -0.39 is 0 Å². The standard InChI is InChI=1S/C16H30N2O2/c1-15(2)10-18(11-16(3,4)20-15)14(19)9-12-7-5-6-8-13(12)17/h12-13H,5-11,17H2,1-4H3. The van der Waals surface area contributed by atoms with Crippen molar-refractivity contribution in [3.8, 4) is 0 Å². The number of nitrogens with two attached hydrogens (primary N) is 1. The van der Waals surface area contributed by atoms with E-state index in [-0.39, 0.29) is 23.2 Å². The summed E-state index contributed by atoms with van der Waals surface area (Å²) >= 11 is 0. The number of carbonyl (C=O) groups is 1. The maximum atomic E-state index is 12.6. The van der Waals surface area contributed by atoms with E-state index in [0.717, 1.165) is 12.8 Å². The second-order valence-electron chi connectivity index (χ2n) is 7.78. The Morgan fingerprint density at radius 1 is 1.15 bits per heavy atom. The molecule has 0 radical (unpaired) electrons. The summed E-state index contributed by atoms with van der Waals surface area (Å²) in [5.74, 6) is 0.613. The second kappa shape index (κ2) is 5.64. The van der Waals surface area contributed by atoms with Crippen LogP contribution in [0.2, 0.25) is 0 Å². The van der Waals surface area contributed by atoms with E-state index in [1.165, 1.54) is 12.8 Å². The first-order chi connectivity index (χ1) is 9.19. The second-order valence-corrected chi connectivity index (χ2v) is 7.78. The van der Waals surface area contributed by atoms with E-state index in [2.05, 4.69) is 27.7 Å². The highest BCUT2D eigenvalue weighted by Gasteiger charge is 2.40. The monoisotopic (exact) mass is 282 g/mol. The SMILES string of the molecule is CC1(C)CN(C(=O)CC2CCCCC2N)CC(C)(C)O1. The summed E-state index contributed by atoms with van der Waals surface area (Å²) < 4.78 is 6.03. The molecule has 0 aromatic rings. The Labute approximate surface area is 123 Å². The summed E-state index contributed by atoms with van der Waals surface area (Å²) in [6.45, 7) is 9.58. The van der Waals surface area contributed by atoms with E-state index in [0.29, 0.717) is 25.4 Å². The van der Waals surface area contributed by atoms with Crippen LogP contribution < -0.4 is 5.73 Å². The highest BCUT2D eigenvalue weighted by molar-refractivity contribution is 5.77. The minimum atomic E-state index is -0.272. The van der Waals surface area contributed by atoms with Crippen molar-refractivity contribution >= 4 is 5.91 Å². The van der Waals surface area contributed by atoms with Crippen molar-refractivity contribution in [2.45, 2.75) is 77.0 Å². The van der Waals surface area contributed by atoms with Gasteiger partial charge in [0.15, 0.2) is 0 Å². The summed E-state index contributed by atoms with van der Waals surface area (Å²) in [4.78, 5) is 14.6. The molecule has 1 saturated heterocycles. The number of nitrogens with zero attached hydrogens (tertiary/aromatic N) is 1. The van der Waals surface area contributed by atoms with Crippen molar-refractivity contribution in [1.82, 2.24) is 4.90 Å². The van der Waals surface area contributed by atoms with Gasteiger partial charge in [-0.2, -0.15) is 0 Å². The van der Waals surface area contributed by atoms with Gasteiger partial charge in [0.1, 0.15) is 0 Å². The van der Waals surface area contributed by atoms with Crippen molar-refractivity contribution < 1.29 is 9.53 Å². The molecule has 1 heterocycles. The molecule has 0 bridgehead atoms. The molecule has 0 spiro atoms. The van der Waals surface area contributed by atoms with Crippen LogP contribution in [0.3, 0.4) is 0 Å². The molecule has 2 aliphatic rings. The van der Waals surface area contributed by atoms with E-state index in [1.807, 2.05) is 4.90 Å². The number of morpholine rings is 1. The summed E-state index contributed by atoms with van der Waals surface area (Å²) in [7, 11) is 0. The van der Waals surface area contributed by atoms with E-state index in [1.54, 1.807) is 0 Å². The van der Waals surface area contributed by atoms with Gasteiger partial charge in [-0.15, -0.1) is 0 Å². The summed E-state index contributed by atoms with van der Waals surface area (Å²) in [6.07, 6.45) is 5.20. The van der Waals surface area contributed by atoms with Crippen molar-refractivity contribution in [2.24, 2.45) is 11.7 Å². The average Bonchev–Trinajstić information content (AvgIpc) is 2.28. The Balaban J connectivity index is 1.97. The maximum absolute atomic E-state index is 12.6. The van der Waals surface area contributed by atoms with Crippen LogP contribution in [0.5, 0.6) is 0 Å². The Morgan fingerprint density at radius 2 is 1.70 bits per heavy atom. The van der Waals surface area contributed by atoms with Crippen LogP contribution in [-0.4, -0.2) is 41.1 Å². The molecule has 0 aromatic heterocycles. The van der Waals surface area contributed by atoms with Crippen molar-refractivity contribution in [3.63, 3.8) is 0 Å². The minimum Gasteiger partial charge on any atom is -0.366 e. The normalized spacial score (nSPS) is 33.0. The fourth-order valence-electron chi connectivity index (χ4n) is 3.81. The molecule has 1 aliphatic carbocycles. The molecule has 116 valence electrons. The van der Waals surface area contributed by atoms with Crippen molar-refractivity contribution in [1.29, 1.82) is 0 Å². The predicted molar refractivity (Wildman–Crippen MR) is 80.4 cm³/mol. The molecule has 1 saturated carbocycles. The van der Waals surface area contributed by atoms with Crippen LogP contribution in [-0.2, 0) is 9.53 Å². The smallest absolute Gasteiger partial charge is 0.223 e. The number of ether oxygens (including phenoxy) is 1. The van der Waals surface area contributed by atoms with Gasteiger partial charge in [0, 0.05) is 25.6 Å². The number of rotatable bonds is 2. The van der Waals surface area contributed by atoms with Crippen LogP contribution >= 0.6 is 0 Å². The van der Waals surface area contributed by atoms with Gasteiger partial charge in [-0.1, -0.05) is 12.8 Å². The fourth-order valence-corrected chi connectivity index (χ4v) is 3.81. The first-order valence-electron chi connectivity index (χ1n) is 7.92.